The maximum atomic E-state index is 12.6. The van der Waals surface area contributed by atoms with Crippen LogP contribution in [0.1, 0.15) is 32.1 Å². The summed E-state index contributed by atoms with van der Waals surface area (Å²) in [5, 5.41) is 3.18. The van der Waals surface area contributed by atoms with Crippen LogP contribution in [-0.4, -0.2) is 59.5 Å². The van der Waals surface area contributed by atoms with Crippen LogP contribution in [0.5, 0.6) is 0 Å². The van der Waals surface area contributed by atoms with Gasteiger partial charge in [-0.15, -0.1) is 0 Å². The van der Waals surface area contributed by atoms with E-state index in [-0.39, 0.29) is 11.8 Å². The largest absolute Gasteiger partial charge is 0.356 e. The zero-order chi connectivity index (χ0) is 20.3. The maximum Gasteiger partial charge on any atom is 0.223 e. The number of hydrogen-bond acceptors (Lipinski definition) is 4. The average Bonchev–Trinajstić information content (AvgIpc) is 3.48. The Morgan fingerprint density at radius 2 is 1.77 bits per heavy atom. The minimum absolute atomic E-state index is 0.122. The van der Waals surface area contributed by atoms with Crippen LogP contribution in [0, 0.1) is 5.92 Å². The van der Waals surface area contributed by atoms with E-state index in [1.54, 1.807) is 0 Å². The van der Waals surface area contributed by atoms with Crippen molar-refractivity contribution >= 4 is 28.3 Å². The maximum absolute atomic E-state index is 12.6. The third-order valence-corrected chi connectivity index (χ3v) is 6.66. The number of carbonyl (C=O) groups is 1. The third kappa shape index (κ3) is 3.88. The molecule has 1 N–H and O–H groups in total. The smallest absolute Gasteiger partial charge is 0.223 e. The number of carbonyl (C=O) groups excluding carboxylic acids is 1. The Hall–Kier alpha value is -2.60. The van der Waals surface area contributed by atoms with Gasteiger partial charge in [-0.1, -0.05) is 12.1 Å². The van der Waals surface area contributed by atoms with Gasteiger partial charge in [0.2, 0.25) is 5.91 Å². The van der Waals surface area contributed by atoms with E-state index in [0.717, 1.165) is 67.8 Å². The molecule has 2 aliphatic rings. The first kappa shape index (κ1) is 19.4. The fourth-order valence-corrected chi connectivity index (χ4v) is 4.96. The van der Waals surface area contributed by atoms with Gasteiger partial charge in [0.05, 0.1) is 16.6 Å². The molecule has 5 rings (SSSR count). The molecular formula is C24H31N5O. The number of amides is 1. The van der Waals surface area contributed by atoms with Crippen molar-refractivity contribution in [1.29, 1.82) is 0 Å². The molecule has 0 bridgehead atoms. The summed E-state index contributed by atoms with van der Waals surface area (Å²) in [5.74, 6) is 1.38. The molecule has 0 atom stereocenters. The summed E-state index contributed by atoms with van der Waals surface area (Å²) < 4.78 is 2.22. The van der Waals surface area contributed by atoms with Crippen molar-refractivity contribution in [3.05, 3.63) is 42.6 Å². The van der Waals surface area contributed by atoms with Gasteiger partial charge in [-0.3, -0.25) is 4.79 Å². The van der Waals surface area contributed by atoms with Crippen LogP contribution in [0.2, 0.25) is 0 Å². The molecular weight excluding hydrogens is 374 g/mol. The number of piperidine rings is 1. The number of anilines is 1. The SMILES string of the molecule is O=C(NCCCN1CCCC1)C1CCN(c2nc3ccccc3n3cccc23)CC1. The van der Waals surface area contributed by atoms with Crippen LogP contribution in [-0.2, 0) is 4.79 Å². The minimum atomic E-state index is 0.122. The van der Waals surface area contributed by atoms with Crippen LogP contribution < -0.4 is 10.2 Å². The highest BCUT2D eigenvalue weighted by Gasteiger charge is 2.26. The second kappa shape index (κ2) is 8.64. The number of nitrogens with one attached hydrogen (secondary N) is 1. The molecule has 0 unspecified atom stereocenters. The van der Waals surface area contributed by atoms with Gasteiger partial charge < -0.3 is 19.5 Å². The molecule has 2 aliphatic heterocycles. The molecule has 0 spiro atoms. The second-order valence-corrected chi connectivity index (χ2v) is 8.64. The first-order valence-electron chi connectivity index (χ1n) is 11.4. The van der Waals surface area contributed by atoms with E-state index < -0.39 is 0 Å². The summed E-state index contributed by atoms with van der Waals surface area (Å²) in [6, 6.07) is 12.5. The van der Waals surface area contributed by atoms with Crippen LogP contribution in [0.4, 0.5) is 5.82 Å². The van der Waals surface area contributed by atoms with Crippen LogP contribution in [0.15, 0.2) is 42.6 Å². The van der Waals surface area contributed by atoms with Gasteiger partial charge in [0.25, 0.3) is 0 Å². The standard InChI is InChI=1S/C24H31N5O/c30-24(25-12-6-15-27-13-3-4-14-27)19-10-17-28(18-11-19)23-22-9-5-16-29(22)21-8-2-1-7-20(21)26-23/h1-2,5,7-9,16,19H,3-4,6,10-15,17-18H2,(H,25,30). The van der Waals surface area contributed by atoms with Crippen molar-refractivity contribution in [1.82, 2.24) is 19.6 Å². The predicted octanol–water partition coefficient (Wildman–Crippen LogP) is 3.31. The molecule has 1 aromatic carbocycles. The van der Waals surface area contributed by atoms with E-state index in [0.29, 0.717) is 0 Å². The molecule has 0 saturated carbocycles. The van der Waals surface area contributed by atoms with Crippen molar-refractivity contribution < 1.29 is 4.79 Å². The first-order valence-corrected chi connectivity index (χ1v) is 11.4. The summed E-state index contributed by atoms with van der Waals surface area (Å²) in [5.41, 5.74) is 3.28. The van der Waals surface area contributed by atoms with Crippen molar-refractivity contribution in [3.63, 3.8) is 0 Å². The Balaban J connectivity index is 1.18. The van der Waals surface area contributed by atoms with Gasteiger partial charge in [-0.2, -0.15) is 0 Å². The number of fused-ring (bicyclic) bond motifs is 3. The van der Waals surface area contributed by atoms with Gasteiger partial charge in [-0.25, -0.2) is 4.98 Å². The zero-order valence-electron chi connectivity index (χ0n) is 17.6. The van der Waals surface area contributed by atoms with E-state index in [2.05, 4.69) is 56.0 Å². The lowest BCUT2D eigenvalue weighted by Gasteiger charge is -2.32. The Labute approximate surface area is 177 Å². The van der Waals surface area contributed by atoms with Gasteiger partial charge in [0, 0.05) is 31.7 Å². The topological polar surface area (TPSA) is 52.9 Å². The van der Waals surface area contributed by atoms with Crippen molar-refractivity contribution in [3.8, 4) is 0 Å². The minimum Gasteiger partial charge on any atom is -0.356 e. The summed E-state index contributed by atoms with van der Waals surface area (Å²) in [4.78, 5) is 22.4. The predicted molar refractivity (Wildman–Crippen MR) is 121 cm³/mol. The molecule has 0 aliphatic carbocycles. The van der Waals surface area contributed by atoms with E-state index in [4.69, 9.17) is 4.98 Å². The van der Waals surface area contributed by atoms with Gasteiger partial charge in [0.1, 0.15) is 0 Å². The highest BCUT2D eigenvalue weighted by molar-refractivity contribution is 5.85. The monoisotopic (exact) mass is 405 g/mol. The number of para-hydroxylation sites is 2. The number of hydrogen-bond donors (Lipinski definition) is 1. The molecule has 158 valence electrons. The molecule has 6 nitrogen and oxygen atoms in total. The molecule has 6 heteroatoms. The summed E-state index contributed by atoms with van der Waals surface area (Å²) >= 11 is 0. The van der Waals surface area contributed by atoms with E-state index in [9.17, 15) is 4.79 Å². The average molecular weight is 406 g/mol. The number of rotatable bonds is 6. The quantitative estimate of drug-likeness (QED) is 0.640. The summed E-state index contributed by atoms with van der Waals surface area (Å²) in [6.07, 6.45) is 7.58. The second-order valence-electron chi connectivity index (χ2n) is 8.64. The molecule has 30 heavy (non-hydrogen) atoms. The third-order valence-electron chi connectivity index (χ3n) is 6.66. The summed E-state index contributed by atoms with van der Waals surface area (Å²) in [6.45, 7) is 6.11. The Bertz CT molecular complexity index is 1010. The number of likely N-dealkylation sites (tertiary alicyclic amines) is 1. The Morgan fingerprint density at radius 3 is 2.60 bits per heavy atom. The van der Waals surface area contributed by atoms with Crippen LogP contribution >= 0.6 is 0 Å². The van der Waals surface area contributed by atoms with Gasteiger partial charge >= 0.3 is 0 Å². The summed E-state index contributed by atoms with van der Waals surface area (Å²) in [7, 11) is 0. The highest BCUT2D eigenvalue weighted by Crippen LogP contribution is 2.29. The number of nitrogens with zero attached hydrogens (tertiary/aromatic N) is 4. The molecule has 0 radical (unpaired) electrons. The Morgan fingerprint density at radius 1 is 1.00 bits per heavy atom. The fourth-order valence-electron chi connectivity index (χ4n) is 4.96. The van der Waals surface area contributed by atoms with Crippen LogP contribution in [0.3, 0.4) is 0 Å². The van der Waals surface area contributed by atoms with Crippen LogP contribution in [0.25, 0.3) is 16.6 Å². The molecule has 2 aromatic heterocycles. The van der Waals surface area contributed by atoms with Crippen molar-refractivity contribution in [2.75, 3.05) is 44.2 Å². The lowest BCUT2D eigenvalue weighted by atomic mass is 9.96. The molecule has 4 heterocycles. The van der Waals surface area contributed by atoms with Crippen molar-refractivity contribution in [2.45, 2.75) is 32.1 Å². The van der Waals surface area contributed by atoms with Crippen molar-refractivity contribution in [2.24, 2.45) is 5.92 Å². The molecule has 3 aromatic rings. The van der Waals surface area contributed by atoms with Gasteiger partial charge in [-0.05, 0) is 76.0 Å². The van der Waals surface area contributed by atoms with E-state index in [1.165, 1.54) is 25.9 Å². The molecule has 2 saturated heterocycles. The number of aromatic nitrogens is 2. The molecule has 1 amide bonds. The van der Waals surface area contributed by atoms with E-state index in [1.807, 2.05) is 6.07 Å². The number of benzene rings is 1. The Kier molecular flexibility index (Phi) is 5.58. The lowest BCUT2D eigenvalue weighted by molar-refractivity contribution is -0.125. The van der Waals surface area contributed by atoms with Gasteiger partial charge in [0.15, 0.2) is 5.82 Å². The lowest BCUT2D eigenvalue weighted by Crippen LogP contribution is -2.41. The molecule has 2 fully saturated rings. The first-order chi connectivity index (χ1) is 14.8. The normalized spacial score (nSPS) is 18.5. The van der Waals surface area contributed by atoms with E-state index >= 15 is 0 Å². The zero-order valence-corrected chi connectivity index (χ0v) is 17.6. The highest BCUT2D eigenvalue weighted by atomic mass is 16.1. The fraction of sp³-hybridized carbons (Fsp3) is 0.500.